The Kier molecular flexibility index (Phi) is 4.95. The van der Waals surface area contributed by atoms with Crippen LogP contribution in [-0.4, -0.2) is 6.21 Å². The maximum Gasteiger partial charge on any atom is 0.0221 e. The Hall–Kier alpha value is -0.590. The molecule has 0 atom stereocenters. The normalized spacial score (nSPS) is 11.7. The predicted molar refractivity (Wildman–Crippen MR) is 33.6 cm³/mol. The van der Waals surface area contributed by atoms with Crippen molar-refractivity contribution in [3.63, 3.8) is 0 Å². The van der Waals surface area contributed by atoms with Gasteiger partial charge in [-0.3, -0.25) is 4.99 Å². The summed E-state index contributed by atoms with van der Waals surface area (Å²) < 4.78 is 0. The third-order valence-corrected chi connectivity index (χ3v) is 0.523. The number of rotatable bonds is 2. The first kappa shape index (κ1) is 6.41. The predicted octanol–water partition coefficient (Wildman–Crippen LogP) is 2.00. The van der Waals surface area contributed by atoms with Gasteiger partial charge in [0, 0.05) is 12.4 Å². The van der Waals surface area contributed by atoms with Gasteiger partial charge >= 0.3 is 0 Å². The van der Waals surface area contributed by atoms with Gasteiger partial charge in [0.05, 0.1) is 0 Å². The lowest BCUT2D eigenvalue weighted by molar-refractivity contribution is 1.31. The van der Waals surface area contributed by atoms with Crippen molar-refractivity contribution in [1.82, 2.24) is 0 Å². The van der Waals surface area contributed by atoms with Gasteiger partial charge < -0.3 is 0 Å². The van der Waals surface area contributed by atoms with E-state index in [9.17, 15) is 0 Å². The summed E-state index contributed by atoms with van der Waals surface area (Å²) in [7, 11) is 0. The molecule has 0 rings (SSSR count). The highest BCUT2D eigenvalue weighted by molar-refractivity contribution is 5.57. The van der Waals surface area contributed by atoms with Crippen LogP contribution in [0.5, 0.6) is 0 Å². The van der Waals surface area contributed by atoms with Crippen LogP contribution in [0.2, 0.25) is 0 Å². The number of hydrogen-bond donors (Lipinski definition) is 0. The summed E-state index contributed by atoms with van der Waals surface area (Å²) in [5, 5.41) is 0. The zero-order valence-electron chi connectivity index (χ0n) is 4.89. The van der Waals surface area contributed by atoms with Crippen LogP contribution in [-0.2, 0) is 0 Å². The number of nitrogens with zero attached hydrogens (tertiary/aromatic N) is 1. The van der Waals surface area contributed by atoms with Crippen molar-refractivity contribution in [2.75, 3.05) is 0 Å². The molecule has 0 aliphatic carbocycles. The van der Waals surface area contributed by atoms with E-state index in [0.717, 1.165) is 6.42 Å². The molecule has 0 aromatic heterocycles. The molecule has 0 unspecified atom stereocenters. The van der Waals surface area contributed by atoms with E-state index in [1.165, 1.54) is 0 Å². The van der Waals surface area contributed by atoms with Crippen LogP contribution in [0.4, 0.5) is 0 Å². The maximum absolute atomic E-state index is 3.90. The number of allylic oxidation sites excluding steroid dienone is 1. The molecule has 7 heavy (non-hydrogen) atoms. The van der Waals surface area contributed by atoms with Crippen molar-refractivity contribution in [1.29, 1.82) is 0 Å². The van der Waals surface area contributed by atoms with Gasteiger partial charge in [0.2, 0.25) is 0 Å². The van der Waals surface area contributed by atoms with Crippen molar-refractivity contribution in [3.05, 3.63) is 12.3 Å². The molecule has 0 saturated heterocycles. The number of aliphatic imine (C=N–C) groups is 1. The molecule has 0 aliphatic rings. The van der Waals surface area contributed by atoms with Gasteiger partial charge in [-0.25, -0.2) is 0 Å². The zero-order valence-corrected chi connectivity index (χ0v) is 4.89. The average Bonchev–Trinajstić information content (AvgIpc) is 1.69. The first-order valence-electron chi connectivity index (χ1n) is 2.54. The Bertz CT molecular complexity index is 72.2. The lowest BCUT2D eigenvalue weighted by atomic mass is 10.5. The average molecular weight is 97.2 g/mol. The summed E-state index contributed by atoms with van der Waals surface area (Å²) in [6.45, 7) is 4.01. The third-order valence-electron chi connectivity index (χ3n) is 0.523. The third kappa shape index (κ3) is 5.41. The molecule has 0 aromatic carbocycles. The molecular formula is C6H11N. The van der Waals surface area contributed by atoms with Crippen LogP contribution in [0.15, 0.2) is 17.3 Å². The minimum Gasteiger partial charge on any atom is -0.269 e. The molecule has 0 radical (unpaired) electrons. The van der Waals surface area contributed by atoms with E-state index in [-0.39, 0.29) is 0 Å². The quantitative estimate of drug-likeness (QED) is 0.467. The molecule has 0 heterocycles. The molecule has 0 aliphatic heterocycles. The molecule has 0 aromatic rings. The number of hydrogen-bond acceptors (Lipinski definition) is 1. The monoisotopic (exact) mass is 97.1 g/mol. The van der Waals surface area contributed by atoms with Crippen LogP contribution >= 0.6 is 0 Å². The van der Waals surface area contributed by atoms with E-state index >= 15 is 0 Å². The van der Waals surface area contributed by atoms with Crippen molar-refractivity contribution >= 4 is 6.21 Å². The van der Waals surface area contributed by atoms with Crippen molar-refractivity contribution in [3.8, 4) is 0 Å². The second kappa shape index (κ2) is 5.41. The molecule has 0 saturated carbocycles. The van der Waals surface area contributed by atoms with Gasteiger partial charge in [0.1, 0.15) is 0 Å². The Morgan fingerprint density at radius 3 is 2.71 bits per heavy atom. The Morgan fingerprint density at radius 2 is 2.29 bits per heavy atom. The second-order valence-corrected chi connectivity index (χ2v) is 1.22. The van der Waals surface area contributed by atoms with Gasteiger partial charge in [-0.05, 0) is 13.3 Å². The topological polar surface area (TPSA) is 12.4 Å². The minimum atomic E-state index is 1.02. The fourth-order valence-corrected chi connectivity index (χ4v) is 0.252. The molecule has 0 bridgehead atoms. The van der Waals surface area contributed by atoms with Gasteiger partial charge in [-0.15, -0.1) is 0 Å². The fourth-order valence-electron chi connectivity index (χ4n) is 0.252. The summed E-state index contributed by atoms with van der Waals surface area (Å²) in [4.78, 5) is 3.90. The van der Waals surface area contributed by atoms with Crippen LogP contribution in [0.3, 0.4) is 0 Å². The van der Waals surface area contributed by atoms with Gasteiger partial charge in [0.25, 0.3) is 0 Å². The van der Waals surface area contributed by atoms with Crippen LogP contribution in [0, 0.1) is 0 Å². The van der Waals surface area contributed by atoms with Crippen LogP contribution in [0.1, 0.15) is 20.3 Å². The molecule has 0 N–H and O–H groups in total. The first-order chi connectivity index (χ1) is 3.41. The maximum atomic E-state index is 3.90. The Balaban J connectivity index is 3.09. The second-order valence-electron chi connectivity index (χ2n) is 1.22. The lowest BCUT2D eigenvalue weighted by Crippen LogP contribution is -1.61. The van der Waals surface area contributed by atoms with Crippen molar-refractivity contribution < 1.29 is 0 Å². The van der Waals surface area contributed by atoms with Gasteiger partial charge in [-0.1, -0.05) is 13.0 Å². The molecule has 0 amide bonds. The minimum absolute atomic E-state index is 1.02. The van der Waals surface area contributed by atoms with E-state index in [1.54, 1.807) is 6.20 Å². The molecule has 0 spiro atoms. The molecular weight excluding hydrogens is 86.1 g/mol. The van der Waals surface area contributed by atoms with E-state index in [0.29, 0.717) is 0 Å². The molecule has 1 heteroatoms. The highest BCUT2D eigenvalue weighted by Crippen LogP contribution is 1.72. The van der Waals surface area contributed by atoms with E-state index in [4.69, 9.17) is 0 Å². The van der Waals surface area contributed by atoms with Crippen molar-refractivity contribution in [2.24, 2.45) is 4.99 Å². The molecule has 40 valence electrons. The molecule has 0 fully saturated rings. The van der Waals surface area contributed by atoms with E-state index in [2.05, 4.69) is 11.9 Å². The fraction of sp³-hybridized carbons (Fsp3) is 0.500. The SMILES string of the molecule is C/C=C\N=CCC. The largest absolute Gasteiger partial charge is 0.269 e. The summed E-state index contributed by atoms with van der Waals surface area (Å²) in [5.41, 5.74) is 0. The van der Waals surface area contributed by atoms with Crippen LogP contribution in [0.25, 0.3) is 0 Å². The highest BCUT2D eigenvalue weighted by atomic mass is 14.6. The summed E-state index contributed by atoms with van der Waals surface area (Å²) >= 11 is 0. The highest BCUT2D eigenvalue weighted by Gasteiger charge is 1.58. The Labute approximate surface area is 44.8 Å². The van der Waals surface area contributed by atoms with Crippen molar-refractivity contribution in [2.45, 2.75) is 20.3 Å². The summed E-state index contributed by atoms with van der Waals surface area (Å²) in [6.07, 6.45) is 6.58. The standard InChI is InChI=1S/C6H11N/c1-3-5-7-6-4-2/h3,5-6H,4H2,1-2H3/b5-3-,7-6?. The van der Waals surface area contributed by atoms with Gasteiger partial charge in [0.15, 0.2) is 0 Å². The molecule has 1 nitrogen and oxygen atoms in total. The first-order valence-corrected chi connectivity index (χ1v) is 2.54. The summed E-state index contributed by atoms with van der Waals surface area (Å²) in [6, 6.07) is 0. The van der Waals surface area contributed by atoms with E-state index < -0.39 is 0 Å². The lowest BCUT2D eigenvalue weighted by Gasteiger charge is -1.71. The van der Waals surface area contributed by atoms with Crippen LogP contribution < -0.4 is 0 Å². The smallest absolute Gasteiger partial charge is 0.0221 e. The zero-order chi connectivity index (χ0) is 5.54. The van der Waals surface area contributed by atoms with E-state index in [1.807, 2.05) is 19.2 Å². The van der Waals surface area contributed by atoms with Gasteiger partial charge in [-0.2, -0.15) is 0 Å². The Morgan fingerprint density at radius 1 is 1.57 bits per heavy atom. The summed E-state index contributed by atoms with van der Waals surface area (Å²) in [5.74, 6) is 0.